The molecule has 0 fully saturated rings. The molecule has 0 N–H and O–H groups in total. The number of hydrogen-bond acceptors (Lipinski definition) is 8. The first kappa shape index (κ1) is 22.1. The van der Waals surface area contributed by atoms with E-state index in [1.165, 1.54) is 11.2 Å². The van der Waals surface area contributed by atoms with Gasteiger partial charge >= 0.3 is 5.97 Å². The van der Waals surface area contributed by atoms with Crippen LogP contribution in [0.25, 0.3) is 22.6 Å². The number of furan rings is 1. The zero-order chi connectivity index (χ0) is 23.5. The van der Waals surface area contributed by atoms with Crippen molar-refractivity contribution in [1.29, 1.82) is 0 Å². The molecule has 0 atom stereocenters. The molecule has 4 rings (SSSR count). The molecule has 0 aliphatic carbocycles. The van der Waals surface area contributed by atoms with Crippen LogP contribution < -0.4 is 4.90 Å². The number of fused-ring (bicyclic) bond motifs is 1. The van der Waals surface area contributed by atoms with E-state index in [1.54, 1.807) is 32.2 Å². The largest absolute Gasteiger partial charge is 0.463 e. The van der Waals surface area contributed by atoms with Crippen LogP contribution in [0.3, 0.4) is 0 Å². The Bertz CT molecular complexity index is 1280. The molecular weight excluding hydrogens is 424 g/mol. The average Bonchev–Trinajstić information content (AvgIpc) is 3.47. The topological polar surface area (TPSA) is 102 Å². The summed E-state index contributed by atoms with van der Waals surface area (Å²) in [4.78, 5) is 33.3. The van der Waals surface area contributed by atoms with Gasteiger partial charge in [0.15, 0.2) is 12.4 Å². The van der Waals surface area contributed by atoms with E-state index in [-0.39, 0.29) is 17.2 Å². The van der Waals surface area contributed by atoms with Gasteiger partial charge in [0, 0.05) is 33.4 Å². The van der Waals surface area contributed by atoms with E-state index in [2.05, 4.69) is 10.1 Å². The van der Waals surface area contributed by atoms with E-state index in [1.807, 2.05) is 43.3 Å². The molecule has 4 aromatic rings. The molecule has 1 amide bonds. The van der Waals surface area contributed by atoms with Crippen molar-refractivity contribution < 1.29 is 23.3 Å². The van der Waals surface area contributed by atoms with Crippen LogP contribution in [0.15, 0.2) is 57.7 Å². The molecule has 0 saturated heterocycles. The van der Waals surface area contributed by atoms with Crippen LogP contribution in [0.1, 0.15) is 21.6 Å². The summed E-state index contributed by atoms with van der Waals surface area (Å²) >= 11 is 0. The first-order valence-electron chi connectivity index (χ1n) is 10.3. The van der Waals surface area contributed by atoms with E-state index in [0.29, 0.717) is 29.1 Å². The highest BCUT2D eigenvalue weighted by Crippen LogP contribution is 2.27. The normalized spacial score (nSPS) is 10.9. The quantitative estimate of drug-likeness (QED) is 0.395. The maximum atomic E-state index is 12.9. The van der Waals surface area contributed by atoms with Gasteiger partial charge < -0.3 is 23.5 Å². The lowest BCUT2D eigenvalue weighted by Crippen LogP contribution is -2.30. The predicted molar refractivity (Wildman–Crippen MR) is 122 cm³/mol. The zero-order valence-electron chi connectivity index (χ0n) is 18.9. The zero-order valence-corrected chi connectivity index (χ0v) is 18.9. The Morgan fingerprint density at radius 2 is 1.85 bits per heavy atom. The van der Waals surface area contributed by atoms with Gasteiger partial charge in [-0.25, -0.2) is 9.78 Å². The van der Waals surface area contributed by atoms with Gasteiger partial charge in [-0.2, -0.15) is 0 Å². The van der Waals surface area contributed by atoms with Crippen LogP contribution in [-0.2, 0) is 16.1 Å². The molecule has 0 unspecified atom stereocenters. The first-order chi connectivity index (χ1) is 15.8. The molecule has 0 aliphatic heterocycles. The third kappa shape index (κ3) is 4.72. The number of aromatic nitrogens is 2. The fourth-order valence-electron chi connectivity index (χ4n) is 3.38. The molecule has 9 heteroatoms. The lowest BCUT2D eigenvalue weighted by molar-refractivity contribution is -0.133. The van der Waals surface area contributed by atoms with Crippen LogP contribution in [0.4, 0.5) is 5.69 Å². The van der Waals surface area contributed by atoms with Gasteiger partial charge in [-0.15, -0.1) is 0 Å². The summed E-state index contributed by atoms with van der Waals surface area (Å²) in [5.41, 5.74) is 3.35. The predicted octanol–water partition coefficient (Wildman–Crippen LogP) is 3.67. The number of carbonyl (C=O) groups excluding carboxylic acids is 2. The number of anilines is 1. The minimum absolute atomic E-state index is 0.193. The number of benzene rings is 1. The fraction of sp³-hybridized carbons (Fsp3) is 0.250. The van der Waals surface area contributed by atoms with Gasteiger partial charge in [-0.1, -0.05) is 17.3 Å². The molecule has 3 aromatic heterocycles. The van der Waals surface area contributed by atoms with Crippen molar-refractivity contribution in [1.82, 2.24) is 15.0 Å². The molecule has 0 spiro atoms. The molecule has 0 bridgehead atoms. The number of nitrogens with zero attached hydrogens (tertiary/aromatic N) is 4. The molecule has 170 valence electrons. The molecule has 33 heavy (non-hydrogen) atoms. The molecule has 9 nitrogen and oxygen atoms in total. The Labute approximate surface area is 190 Å². The second-order valence-electron chi connectivity index (χ2n) is 7.87. The van der Waals surface area contributed by atoms with Gasteiger partial charge in [0.2, 0.25) is 0 Å². The summed E-state index contributed by atoms with van der Waals surface area (Å²) in [6.45, 7) is 1.71. The molecular formula is C24H24N4O5. The lowest BCUT2D eigenvalue weighted by atomic mass is 10.1. The highest BCUT2D eigenvalue weighted by molar-refractivity contribution is 6.04. The second kappa shape index (κ2) is 9.15. The van der Waals surface area contributed by atoms with Crippen LogP contribution >= 0.6 is 0 Å². The van der Waals surface area contributed by atoms with Gasteiger partial charge in [-0.05, 0) is 42.8 Å². The van der Waals surface area contributed by atoms with Crippen molar-refractivity contribution >= 4 is 28.7 Å². The minimum atomic E-state index is -0.668. The van der Waals surface area contributed by atoms with Gasteiger partial charge in [0.1, 0.15) is 5.69 Å². The Morgan fingerprint density at radius 3 is 2.52 bits per heavy atom. The minimum Gasteiger partial charge on any atom is -0.463 e. The highest BCUT2D eigenvalue weighted by Gasteiger charge is 2.22. The number of carbonyl (C=O) groups is 2. The number of esters is 1. The Morgan fingerprint density at radius 1 is 1.09 bits per heavy atom. The van der Waals surface area contributed by atoms with Crippen LogP contribution in [-0.4, -0.2) is 54.7 Å². The number of pyridine rings is 1. The summed E-state index contributed by atoms with van der Waals surface area (Å²) in [6, 6.07) is 12.9. The van der Waals surface area contributed by atoms with Crippen LogP contribution in [0.2, 0.25) is 0 Å². The third-order valence-corrected chi connectivity index (χ3v) is 5.24. The van der Waals surface area contributed by atoms with Gasteiger partial charge in [0.25, 0.3) is 11.6 Å². The maximum Gasteiger partial charge on any atom is 0.339 e. The van der Waals surface area contributed by atoms with Crippen molar-refractivity contribution in [2.45, 2.75) is 13.5 Å². The summed E-state index contributed by atoms with van der Waals surface area (Å²) in [5.74, 6) is -0.520. The van der Waals surface area contributed by atoms with Crippen molar-refractivity contribution in [2.75, 3.05) is 32.6 Å². The van der Waals surface area contributed by atoms with Crippen molar-refractivity contribution in [3.63, 3.8) is 0 Å². The van der Waals surface area contributed by atoms with E-state index in [4.69, 9.17) is 13.7 Å². The monoisotopic (exact) mass is 448 g/mol. The number of likely N-dealkylation sites (N-methyl/N-ethyl adjacent to an activating group) is 1. The van der Waals surface area contributed by atoms with Crippen LogP contribution in [0, 0.1) is 6.92 Å². The van der Waals surface area contributed by atoms with E-state index in [9.17, 15) is 9.59 Å². The highest BCUT2D eigenvalue weighted by atomic mass is 16.5. The lowest BCUT2D eigenvalue weighted by Gasteiger charge is -2.18. The number of rotatable bonds is 7. The van der Waals surface area contributed by atoms with Gasteiger partial charge in [0.05, 0.1) is 22.9 Å². The SMILES string of the molecule is Cc1noc2nc(-c3ccco3)cc(C(=O)OCC(=O)N(C)Cc3ccc(N(C)C)cc3)c12. The number of amides is 1. The summed E-state index contributed by atoms with van der Waals surface area (Å²) in [5, 5.41) is 4.34. The first-order valence-corrected chi connectivity index (χ1v) is 10.3. The van der Waals surface area contributed by atoms with Crippen molar-refractivity contribution in [3.05, 3.63) is 65.5 Å². The second-order valence-corrected chi connectivity index (χ2v) is 7.87. The van der Waals surface area contributed by atoms with Crippen LogP contribution in [0.5, 0.6) is 0 Å². The average molecular weight is 448 g/mol. The van der Waals surface area contributed by atoms with E-state index >= 15 is 0 Å². The molecule has 1 aromatic carbocycles. The van der Waals surface area contributed by atoms with Gasteiger partial charge in [-0.3, -0.25) is 4.79 Å². The molecule has 0 saturated carbocycles. The standard InChI is InChI=1S/C24H24N4O5/c1-15-22-18(12-19(20-6-5-11-31-20)25-23(22)33-26-15)24(30)32-14-21(29)28(4)13-16-7-9-17(10-8-16)27(2)3/h5-12H,13-14H2,1-4H3. The Hall–Kier alpha value is -4.14. The van der Waals surface area contributed by atoms with E-state index in [0.717, 1.165) is 11.3 Å². The Kier molecular flexibility index (Phi) is 6.12. The summed E-state index contributed by atoms with van der Waals surface area (Å²) in [7, 11) is 5.60. The Balaban J connectivity index is 1.46. The molecule has 0 aliphatic rings. The fourth-order valence-corrected chi connectivity index (χ4v) is 3.38. The third-order valence-electron chi connectivity index (χ3n) is 5.24. The number of ether oxygens (including phenoxy) is 1. The smallest absolute Gasteiger partial charge is 0.339 e. The summed E-state index contributed by atoms with van der Waals surface area (Å²) < 4.78 is 16.0. The van der Waals surface area contributed by atoms with Crippen molar-refractivity contribution in [3.8, 4) is 11.5 Å². The molecule has 0 radical (unpaired) electrons. The maximum absolute atomic E-state index is 12.9. The number of aryl methyl sites for hydroxylation is 1. The summed E-state index contributed by atoms with van der Waals surface area (Å²) in [6.07, 6.45) is 1.51. The van der Waals surface area contributed by atoms with E-state index < -0.39 is 12.6 Å². The number of hydrogen-bond donors (Lipinski definition) is 0. The molecule has 3 heterocycles. The van der Waals surface area contributed by atoms with Crippen molar-refractivity contribution in [2.24, 2.45) is 0 Å².